The van der Waals surface area contributed by atoms with Gasteiger partial charge in [-0.1, -0.05) is 6.07 Å². The molecule has 0 bridgehead atoms. The van der Waals surface area contributed by atoms with E-state index in [1.54, 1.807) is 6.20 Å². The Kier molecular flexibility index (Phi) is 2.00. The number of pyridine rings is 1. The summed E-state index contributed by atoms with van der Waals surface area (Å²) in [6, 6.07) is 5.74. The lowest BCUT2D eigenvalue weighted by molar-refractivity contribution is -0.138. The molecular weight excluding hydrogens is 166 g/mol. The maximum absolute atomic E-state index is 10.5. The molecule has 2 rings (SSSR count). The van der Waals surface area contributed by atoms with Gasteiger partial charge in [0.1, 0.15) is 0 Å². The molecule has 1 aliphatic carbocycles. The summed E-state index contributed by atoms with van der Waals surface area (Å²) >= 11 is 0. The third kappa shape index (κ3) is 1.86. The van der Waals surface area contributed by atoms with Gasteiger partial charge < -0.3 is 5.11 Å². The molecule has 3 nitrogen and oxygen atoms in total. The SMILES string of the molecule is O=C(O)[C@@H]1C[C@H]1Cc1ccccn1. The van der Waals surface area contributed by atoms with Crippen LogP contribution in [-0.2, 0) is 11.2 Å². The number of carboxylic acids is 1. The topological polar surface area (TPSA) is 50.2 Å². The summed E-state index contributed by atoms with van der Waals surface area (Å²) in [5.74, 6) is -0.477. The van der Waals surface area contributed by atoms with Crippen LogP contribution in [0.25, 0.3) is 0 Å². The van der Waals surface area contributed by atoms with E-state index in [0.29, 0.717) is 5.92 Å². The van der Waals surface area contributed by atoms with Crippen molar-refractivity contribution in [2.45, 2.75) is 12.8 Å². The minimum Gasteiger partial charge on any atom is -0.481 e. The average molecular weight is 177 g/mol. The molecule has 0 radical (unpaired) electrons. The minimum absolute atomic E-state index is 0.123. The average Bonchev–Trinajstić information content (AvgIpc) is 2.86. The summed E-state index contributed by atoms with van der Waals surface area (Å²) < 4.78 is 0. The van der Waals surface area contributed by atoms with Crippen molar-refractivity contribution in [3.8, 4) is 0 Å². The summed E-state index contributed by atoms with van der Waals surface area (Å²) in [6.45, 7) is 0. The molecule has 2 atom stereocenters. The lowest BCUT2D eigenvalue weighted by Gasteiger charge is -1.96. The maximum Gasteiger partial charge on any atom is 0.306 e. The molecule has 3 heteroatoms. The smallest absolute Gasteiger partial charge is 0.306 e. The number of rotatable bonds is 3. The molecule has 0 unspecified atom stereocenters. The van der Waals surface area contributed by atoms with Crippen LogP contribution in [0.2, 0.25) is 0 Å². The van der Waals surface area contributed by atoms with Crippen molar-refractivity contribution in [1.82, 2.24) is 4.98 Å². The van der Waals surface area contributed by atoms with Crippen LogP contribution in [0.4, 0.5) is 0 Å². The Balaban J connectivity index is 1.92. The monoisotopic (exact) mass is 177 g/mol. The Morgan fingerprint density at radius 1 is 1.62 bits per heavy atom. The first-order valence-corrected chi connectivity index (χ1v) is 4.40. The summed E-state index contributed by atoms with van der Waals surface area (Å²) in [6.07, 6.45) is 3.36. The highest BCUT2D eigenvalue weighted by molar-refractivity contribution is 5.73. The Morgan fingerprint density at radius 3 is 3.00 bits per heavy atom. The number of aromatic nitrogens is 1. The van der Waals surface area contributed by atoms with Gasteiger partial charge in [0, 0.05) is 11.9 Å². The summed E-state index contributed by atoms with van der Waals surface area (Å²) in [5.41, 5.74) is 0.997. The zero-order valence-electron chi connectivity index (χ0n) is 7.18. The molecule has 0 spiro atoms. The lowest BCUT2D eigenvalue weighted by atomic mass is 10.2. The van der Waals surface area contributed by atoms with E-state index >= 15 is 0 Å². The molecule has 0 aromatic carbocycles. The van der Waals surface area contributed by atoms with Gasteiger partial charge in [0.25, 0.3) is 0 Å². The first kappa shape index (κ1) is 8.23. The highest BCUT2D eigenvalue weighted by Gasteiger charge is 2.42. The van der Waals surface area contributed by atoms with Crippen molar-refractivity contribution >= 4 is 5.97 Å². The van der Waals surface area contributed by atoms with Crippen LogP contribution in [0.1, 0.15) is 12.1 Å². The Hall–Kier alpha value is -1.38. The number of carbonyl (C=O) groups is 1. The zero-order valence-corrected chi connectivity index (χ0v) is 7.18. The normalized spacial score (nSPS) is 25.5. The molecule has 0 aliphatic heterocycles. The second-order valence-electron chi connectivity index (χ2n) is 3.47. The second-order valence-corrected chi connectivity index (χ2v) is 3.47. The molecule has 0 amide bonds. The largest absolute Gasteiger partial charge is 0.481 e. The van der Waals surface area contributed by atoms with E-state index in [1.165, 1.54) is 0 Å². The van der Waals surface area contributed by atoms with Crippen molar-refractivity contribution in [2.24, 2.45) is 11.8 Å². The van der Waals surface area contributed by atoms with Gasteiger partial charge in [0.05, 0.1) is 5.92 Å². The van der Waals surface area contributed by atoms with E-state index in [4.69, 9.17) is 5.11 Å². The predicted octanol–water partition coefficient (Wildman–Crippen LogP) is 1.34. The number of carboxylic acid groups (broad SMARTS) is 1. The van der Waals surface area contributed by atoms with Crippen LogP contribution in [0.3, 0.4) is 0 Å². The molecule has 1 heterocycles. The molecule has 1 aromatic heterocycles. The molecule has 1 fully saturated rings. The van der Waals surface area contributed by atoms with E-state index in [0.717, 1.165) is 18.5 Å². The predicted molar refractivity (Wildman–Crippen MR) is 47.2 cm³/mol. The fraction of sp³-hybridized carbons (Fsp3) is 0.400. The summed E-state index contributed by atoms with van der Waals surface area (Å²) in [7, 11) is 0. The van der Waals surface area contributed by atoms with Crippen LogP contribution >= 0.6 is 0 Å². The van der Waals surface area contributed by atoms with Gasteiger partial charge in [-0.2, -0.15) is 0 Å². The molecule has 68 valence electrons. The van der Waals surface area contributed by atoms with Gasteiger partial charge in [-0.15, -0.1) is 0 Å². The van der Waals surface area contributed by atoms with Gasteiger partial charge in [-0.05, 0) is 30.9 Å². The number of hydrogen-bond acceptors (Lipinski definition) is 2. The van der Waals surface area contributed by atoms with E-state index < -0.39 is 5.97 Å². The maximum atomic E-state index is 10.5. The van der Waals surface area contributed by atoms with Crippen molar-refractivity contribution in [3.63, 3.8) is 0 Å². The minimum atomic E-state index is -0.666. The highest BCUT2D eigenvalue weighted by atomic mass is 16.4. The Labute approximate surface area is 76.4 Å². The van der Waals surface area contributed by atoms with Crippen molar-refractivity contribution < 1.29 is 9.90 Å². The standard InChI is InChI=1S/C10H11NO2/c12-10(13)9-6-7(9)5-8-3-1-2-4-11-8/h1-4,7,9H,5-6H2,(H,12,13)/t7-,9-/m1/s1. The zero-order chi connectivity index (χ0) is 9.26. The molecule has 1 aliphatic rings. The summed E-state index contributed by atoms with van der Waals surface area (Å²) in [5, 5.41) is 8.68. The molecular formula is C10H11NO2. The van der Waals surface area contributed by atoms with E-state index in [-0.39, 0.29) is 5.92 Å². The van der Waals surface area contributed by atoms with E-state index in [9.17, 15) is 4.79 Å². The van der Waals surface area contributed by atoms with Crippen LogP contribution in [0, 0.1) is 11.8 Å². The van der Waals surface area contributed by atoms with Gasteiger partial charge in [0.2, 0.25) is 0 Å². The molecule has 1 N–H and O–H groups in total. The molecule has 1 saturated carbocycles. The Bertz CT molecular complexity index is 310. The van der Waals surface area contributed by atoms with E-state index in [1.807, 2.05) is 18.2 Å². The van der Waals surface area contributed by atoms with Crippen molar-refractivity contribution in [2.75, 3.05) is 0 Å². The van der Waals surface area contributed by atoms with Crippen LogP contribution in [0.5, 0.6) is 0 Å². The fourth-order valence-electron chi connectivity index (χ4n) is 1.56. The summed E-state index contributed by atoms with van der Waals surface area (Å²) in [4.78, 5) is 14.7. The molecule has 13 heavy (non-hydrogen) atoms. The number of hydrogen-bond donors (Lipinski definition) is 1. The van der Waals surface area contributed by atoms with Gasteiger partial charge in [-0.25, -0.2) is 0 Å². The molecule has 0 saturated heterocycles. The fourth-order valence-corrected chi connectivity index (χ4v) is 1.56. The number of aliphatic carboxylic acids is 1. The highest BCUT2D eigenvalue weighted by Crippen LogP contribution is 2.40. The second kappa shape index (κ2) is 3.17. The van der Waals surface area contributed by atoms with Gasteiger partial charge in [0.15, 0.2) is 0 Å². The van der Waals surface area contributed by atoms with Crippen molar-refractivity contribution in [1.29, 1.82) is 0 Å². The van der Waals surface area contributed by atoms with Crippen LogP contribution in [-0.4, -0.2) is 16.1 Å². The number of nitrogens with zero attached hydrogens (tertiary/aromatic N) is 1. The third-order valence-electron chi connectivity index (χ3n) is 2.44. The van der Waals surface area contributed by atoms with Crippen molar-refractivity contribution in [3.05, 3.63) is 30.1 Å². The first-order chi connectivity index (χ1) is 6.27. The quantitative estimate of drug-likeness (QED) is 0.758. The lowest BCUT2D eigenvalue weighted by Crippen LogP contribution is -2.01. The van der Waals surface area contributed by atoms with Gasteiger partial charge in [-0.3, -0.25) is 9.78 Å². The first-order valence-electron chi connectivity index (χ1n) is 4.40. The van der Waals surface area contributed by atoms with Crippen LogP contribution in [0.15, 0.2) is 24.4 Å². The van der Waals surface area contributed by atoms with Gasteiger partial charge >= 0.3 is 5.97 Å². The molecule has 1 aromatic rings. The Morgan fingerprint density at radius 2 is 2.46 bits per heavy atom. The van der Waals surface area contributed by atoms with Crippen LogP contribution < -0.4 is 0 Å². The van der Waals surface area contributed by atoms with E-state index in [2.05, 4.69) is 4.98 Å². The third-order valence-corrected chi connectivity index (χ3v) is 2.44.